The van der Waals surface area contributed by atoms with Crippen LogP contribution in [0.25, 0.3) is 0 Å². The van der Waals surface area contributed by atoms with E-state index in [1.807, 2.05) is 0 Å². The number of carboxylic acid groups (broad SMARTS) is 1. The predicted octanol–water partition coefficient (Wildman–Crippen LogP) is 3.39. The summed E-state index contributed by atoms with van der Waals surface area (Å²) in [6.07, 6.45) is -0.760. The molecule has 2 aliphatic heterocycles. The number of benzene rings is 3. The molecule has 1 fully saturated rings. The van der Waals surface area contributed by atoms with Gasteiger partial charge in [0.1, 0.15) is 29.6 Å². The third-order valence-corrected chi connectivity index (χ3v) is 11.3. The highest BCUT2D eigenvalue weighted by Gasteiger charge is 2.73. The van der Waals surface area contributed by atoms with Crippen LogP contribution < -0.4 is 29.5 Å². The van der Waals surface area contributed by atoms with E-state index in [4.69, 9.17) is 14.2 Å². The Bertz CT molecular complexity index is 2070. The molecule has 1 saturated heterocycles. The van der Waals surface area contributed by atoms with Crippen molar-refractivity contribution in [1.82, 2.24) is 4.98 Å². The van der Waals surface area contributed by atoms with E-state index >= 15 is 13.2 Å². The summed E-state index contributed by atoms with van der Waals surface area (Å²) in [5, 5.41) is 27.9. The molecule has 252 valence electrons. The number of methoxy groups -OCH3 is 2. The summed E-state index contributed by atoms with van der Waals surface area (Å²) in [7, 11) is -2.74. The van der Waals surface area contributed by atoms with E-state index in [1.165, 1.54) is 37.4 Å². The molecule has 3 heterocycles. The summed E-state index contributed by atoms with van der Waals surface area (Å²) < 4.78 is 44.5. The van der Waals surface area contributed by atoms with Crippen molar-refractivity contribution < 1.29 is 41.2 Å². The Morgan fingerprint density at radius 2 is 1.80 bits per heavy atom. The number of nitrogens with zero attached hydrogens (tertiary/aromatic N) is 4. The van der Waals surface area contributed by atoms with Crippen LogP contribution in [0.5, 0.6) is 17.2 Å². The number of anilines is 2. The van der Waals surface area contributed by atoms with E-state index in [1.54, 1.807) is 73.7 Å². The lowest BCUT2D eigenvalue weighted by Crippen LogP contribution is -2.81. The summed E-state index contributed by atoms with van der Waals surface area (Å²) in [5.74, 6) is -1.96. The third kappa shape index (κ3) is 4.84. The van der Waals surface area contributed by atoms with Crippen molar-refractivity contribution in [2.75, 3.05) is 44.1 Å². The lowest BCUT2D eigenvalue weighted by Gasteiger charge is -2.55. The number of amides is 2. The Morgan fingerprint density at radius 3 is 2.47 bits per heavy atom. The van der Waals surface area contributed by atoms with Crippen molar-refractivity contribution in [2.45, 2.75) is 29.3 Å². The molecule has 0 radical (unpaired) electrons. The number of nitrogens with one attached hydrogen (secondary N) is 1. The summed E-state index contributed by atoms with van der Waals surface area (Å²) >= 11 is 0. The molecule has 3 aromatic carbocycles. The molecule has 4 aromatic rings. The molecule has 14 heteroatoms. The second-order valence-electron chi connectivity index (χ2n) is 11.4. The molecule has 0 bridgehead atoms. The lowest BCUT2D eigenvalue weighted by molar-refractivity contribution is -0.693. The Hall–Kier alpha value is -5.65. The minimum atomic E-state index is -5.31. The standard InChI is InChI=1S/C35H33N5O8S/c1-4-48-29-14-8-6-12-26(29)35(27-21-38-28-13-7-5-11-25(27)28)33(41)40(34(42)43,22-23(20-36)39(35)32-15-9-10-18-37-32)49(44,45)31-17-16-24(46-2)19-30(31)47-3/h5-19,23,27,38H,4,21-22H2,1-3H3. The third-order valence-electron chi connectivity index (χ3n) is 9.11. The Labute approximate surface area is 283 Å². The van der Waals surface area contributed by atoms with Crippen LogP contribution >= 0.6 is 0 Å². The number of sulfonamides is 1. The monoisotopic (exact) mass is 683 g/mol. The van der Waals surface area contributed by atoms with Gasteiger partial charge in [-0.25, -0.2) is 9.78 Å². The van der Waals surface area contributed by atoms with Crippen molar-refractivity contribution >= 4 is 33.5 Å². The van der Waals surface area contributed by atoms with Gasteiger partial charge < -0.3 is 34.3 Å². The van der Waals surface area contributed by atoms with Gasteiger partial charge in [-0.05, 0) is 48.9 Å². The smallest absolute Gasteiger partial charge is 0.366 e. The topological polar surface area (TPSA) is 171 Å². The molecule has 4 atom stereocenters. The van der Waals surface area contributed by atoms with E-state index in [2.05, 4.69) is 16.4 Å². The Kier molecular flexibility index (Phi) is 8.66. The van der Waals surface area contributed by atoms with Gasteiger partial charge >= 0.3 is 15.9 Å². The molecule has 13 nitrogen and oxygen atoms in total. The van der Waals surface area contributed by atoms with E-state index in [9.17, 15) is 15.2 Å². The molecule has 2 amide bonds. The van der Waals surface area contributed by atoms with Crippen LogP contribution in [-0.4, -0.2) is 69.2 Å². The number of carbonyl (C=O) groups is 2. The average Bonchev–Trinajstić information content (AvgIpc) is 3.56. The van der Waals surface area contributed by atoms with Crippen LogP contribution in [0.3, 0.4) is 0 Å². The predicted molar refractivity (Wildman–Crippen MR) is 175 cm³/mol. The maximum atomic E-state index is 16.0. The van der Waals surface area contributed by atoms with Crippen molar-refractivity contribution in [3.63, 3.8) is 0 Å². The molecule has 2 aliphatic rings. The molecule has 49 heavy (non-hydrogen) atoms. The van der Waals surface area contributed by atoms with Gasteiger partial charge in [-0.3, -0.25) is 0 Å². The van der Waals surface area contributed by atoms with E-state index in [0.29, 0.717) is 11.3 Å². The maximum Gasteiger partial charge on any atom is 0.366 e. The number of quaternary nitrogens is 1. The second kappa shape index (κ2) is 12.8. The summed E-state index contributed by atoms with van der Waals surface area (Å²) in [6, 6.07) is 22.8. The molecule has 6 rings (SSSR count). The minimum Gasteiger partial charge on any atom is -0.497 e. The first-order valence-electron chi connectivity index (χ1n) is 15.4. The van der Waals surface area contributed by atoms with Gasteiger partial charge in [0.15, 0.2) is 16.5 Å². The number of nitriles is 1. The number of aromatic nitrogens is 1. The van der Waals surface area contributed by atoms with Gasteiger partial charge in [0.05, 0.1) is 26.9 Å². The van der Waals surface area contributed by atoms with E-state index in [-0.39, 0.29) is 41.8 Å². The molecule has 4 unspecified atom stereocenters. The Balaban J connectivity index is 1.79. The van der Waals surface area contributed by atoms with Gasteiger partial charge in [-0.1, -0.05) is 46.4 Å². The Morgan fingerprint density at radius 1 is 1.06 bits per heavy atom. The molecule has 0 aliphatic carbocycles. The van der Waals surface area contributed by atoms with Gasteiger partial charge in [-0.15, -0.1) is 0 Å². The highest BCUT2D eigenvalue weighted by molar-refractivity contribution is 7.86. The number of carbonyl (C=O) groups excluding carboxylic acids is 2. The highest BCUT2D eigenvalue weighted by Crippen LogP contribution is 2.56. The van der Waals surface area contributed by atoms with Crippen LogP contribution in [-0.2, 0) is 20.4 Å². The van der Waals surface area contributed by atoms with Crippen molar-refractivity contribution in [2.24, 2.45) is 0 Å². The number of hydrogen-bond donors (Lipinski definition) is 1. The quantitative estimate of drug-likeness (QED) is 0.256. The largest absolute Gasteiger partial charge is 0.497 e. The number of rotatable bonds is 9. The zero-order chi connectivity index (χ0) is 35.0. The van der Waals surface area contributed by atoms with Gasteiger partial charge in [0, 0.05) is 36.0 Å². The van der Waals surface area contributed by atoms with Crippen molar-refractivity contribution in [1.29, 1.82) is 5.26 Å². The fourth-order valence-corrected chi connectivity index (χ4v) is 8.92. The van der Waals surface area contributed by atoms with Crippen molar-refractivity contribution in [3.8, 4) is 23.3 Å². The SMILES string of the molecule is CCOc1ccccc1C1(C2CNc3ccccc32)C(=O)[N+](C(=O)[O-])(S(=O)(=O)c2ccc(OC)cc2OC)CC(C#N)N1c1ccccn1. The van der Waals surface area contributed by atoms with Gasteiger partial charge in [0.2, 0.25) is 0 Å². The number of para-hydroxylation sites is 2. The molecule has 1 N–H and O–H groups in total. The molecule has 0 saturated carbocycles. The minimum absolute atomic E-state index is 0.0615. The summed E-state index contributed by atoms with van der Waals surface area (Å²) in [5.41, 5.74) is -0.848. The molecular weight excluding hydrogens is 650 g/mol. The number of imide groups is 1. The van der Waals surface area contributed by atoms with Crippen LogP contribution in [0.15, 0.2) is 96.0 Å². The number of hydrogen-bond acceptors (Lipinski definition) is 12. The average molecular weight is 684 g/mol. The normalized spacial score (nSPS) is 23.1. The number of fused-ring (bicyclic) bond motifs is 1. The van der Waals surface area contributed by atoms with Gasteiger partial charge in [0.25, 0.3) is 6.09 Å². The molecular formula is C35H33N5O8S. The van der Waals surface area contributed by atoms with Gasteiger partial charge in [-0.2, -0.15) is 13.7 Å². The van der Waals surface area contributed by atoms with E-state index in [0.717, 1.165) is 6.07 Å². The molecule has 1 aromatic heterocycles. The second-order valence-corrected chi connectivity index (χ2v) is 13.4. The first-order chi connectivity index (χ1) is 23.6. The van der Waals surface area contributed by atoms with Crippen LogP contribution in [0.4, 0.5) is 16.3 Å². The summed E-state index contributed by atoms with van der Waals surface area (Å²) in [6.45, 7) is 0.932. The number of ether oxygens (including phenoxy) is 3. The fraction of sp³-hybridized carbons (Fsp3) is 0.257. The zero-order valence-corrected chi connectivity index (χ0v) is 27.7. The van der Waals surface area contributed by atoms with E-state index < -0.39 is 54.9 Å². The van der Waals surface area contributed by atoms with Crippen LogP contribution in [0.1, 0.15) is 24.0 Å². The van der Waals surface area contributed by atoms with Crippen LogP contribution in [0.2, 0.25) is 0 Å². The first-order valence-corrected chi connectivity index (χ1v) is 16.8. The van der Waals surface area contributed by atoms with Crippen LogP contribution in [0, 0.1) is 11.3 Å². The number of pyridine rings is 1. The van der Waals surface area contributed by atoms with Crippen molar-refractivity contribution in [3.05, 3.63) is 102 Å². The number of piperazine rings is 1. The highest BCUT2D eigenvalue weighted by atomic mass is 32.2. The lowest BCUT2D eigenvalue weighted by atomic mass is 9.70. The fourth-order valence-electron chi connectivity index (χ4n) is 7.06. The first kappa shape index (κ1) is 33.3. The molecule has 0 spiro atoms. The summed E-state index contributed by atoms with van der Waals surface area (Å²) in [4.78, 5) is 35.1. The zero-order valence-electron chi connectivity index (χ0n) is 26.9. The maximum absolute atomic E-state index is 16.0.